The number of rotatable bonds is 7. The van der Waals surface area contributed by atoms with Crippen molar-refractivity contribution in [3.05, 3.63) is 51.5 Å². The fourth-order valence-electron chi connectivity index (χ4n) is 1.97. The van der Waals surface area contributed by atoms with Crippen LogP contribution in [-0.2, 0) is 13.0 Å². The van der Waals surface area contributed by atoms with E-state index < -0.39 is 5.97 Å². The van der Waals surface area contributed by atoms with Gasteiger partial charge in [0.15, 0.2) is 0 Å². The Labute approximate surface area is 128 Å². The predicted molar refractivity (Wildman–Crippen MR) is 85.0 cm³/mol. The Hall–Kier alpha value is -1.72. The van der Waals surface area contributed by atoms with E-state index in [1.807, 2.05) is 6.07 Å². The first kappa shape index (κ1) is 15.7. The highest BCUT2D eigenvalue weighted by atomic mass is 32.1. The standard InChI is InChI=1S/C16H20N2O2S/c1-11(2)15-18-14(10-21-15)6-7-17-9-12-4-3-5-13(8-12)16(19)20/h3-5,8,10-11,17H,6-7,9H2,1-2H3,(H,19,20). The minimum absolute atomic E-state index is 0.329. The quantitative estimate of drug-likeness (QED) is 0.771. The summed E-state index contributed by atoms with van der Waals surface area (Å²) in [7, 11) is 0. The number of hydrogen-bond acceptors (Lipinski definition) is 4. The molecule has 4 nitrogen and oxygen atoms in total. The molecule has 0 bridgehead atoms. The number of hydrogen-bond donors (Lipinski definition) is 2. The first-order chi connectivity index (χ1) is 10.1. The molecule has 1 aromatic heterocycles. The molecular weight excluding hydrogens is 284 g/mol. The smallest absolute Gasteiger partial charge is 0.335 e. The van der Waals surface area contributed by atoms with Crippen molar-refractivity contribution in [1.82, 2.24) is 10.3 Å². The molecule has 21 heavy (non-hydrogen) atoms. The van der Waals surface area contributed by atoms with E-state index in [1.165, 1.54) is 5.01 Å². The molecule has 0 saturated heterocycles. The van der Waals surface area contributed by atoms with Crippen LogP contribution in [0.2, 0.25) is 0 Å². The second-order valence-corrected chi connectivity index (χ2v) is 6.15. The van der Waals surface area contributed by atoms with Gasteiger partial charge in [0.2, 0.25) is 0 Å². The number of benzene rings is 1. The molecule has 0 fully saturated rings. The predicted octanol–water partition coefficient (Wildman–Crippen LogP) is 3.30. The van der Waals surface area contributed by atoms with E-state index in [0.717, 1.165) is 24.2 Å². The summed E-state index contributed by atoms with van der Waals surface area (Å²) in [5.41, 5.74) is 2.43. The lowest BCUT2D eigenvalue weighted by Gasteiger charge is -2.05. The van der Waals surface area contributed by atoms with E-state index in [0.29, 0.717) is 18.0 Å². The van der Waals surface area contributed by atoms with E-state index >= 15 is 0 Å². The summed E-state index contributed by atoms with van der Waals surface area (Å²) in [6.07, 6.45) is 0.891. The lowest BCUT2D eigenvalue weighted by atomic mass is 10.1. The average Bonchev–Trinajstić information content (AvgIpc) is 2.93. The Balaban J connectivity index is 1.79. The number of nitrogens with zero attached hydrogens (tertiary/aromatic N) is 1. The molecule has 5 heteroatoms. The van der Waals surface area contributed by atoms with Gasteiger partial charge in [-0.05, 0) is 17.7 Å². The van der Waals surface area contributed by atoms with E-state index in [-0.39, 0.29) is 0 Å². The van der Waals surface area contributed by atoms with Crippen LogP contribution in [0.1, 0.15) is 46.4 Å². The van der Waals surface area contributed by atoms with Gasteiger partial charge in [-0.1, -0.05) is 26.0 Å². The van der Waals surface area contributed by atoms with Crippen LogP contribution in [0.4, 0.5) is 0 Å². The van der Waals surface area contributed by atoms with Crippen molar-refractivity contribution in [2.75, 3.05) is 6.54 Å². The first-order valence-corrected chi connectivity index (χ1v) is 7.91. The summed E-state index contributed by atoms with van der Waals surface area (Å²) < 4.78 is 0. The number of carboxylic acids is 1. The van der Waals surface area contributed by atoms with Crippen molar-refractivity contribution in [3.63, 3.8) is 0 Å². The number of thiazole rings is 1. The molecule has 0 amide bonds. The van der Waals surface area contributed by atoms with Gasteiger partial charge in [0.1, 0.15) is 0 Å². The maximum Gasteiger partial charge on any atom is 0.335 e. The molecule has 1 heterocycles. The van der Waals surface area contributed by atoms with Crippen LogP contribution in [0, 0.1) is 0 Å². The van der Waals surface area contributed by atoms with E-state index in [2.05, 4.69) is 29.5 Å². The second-order valence-electron chi connectivity index (χ2n) is 5.26. The molecule has 112 valence electrons. The maximum atomic E-state index is 10.9. The Morgan fingerprint density at radius 3 is 2.90 bits per heavy atom. The van der Waals surface area contributed by atoms with Crippen LogP contribution in [0.15, 0.2) is 29.6 Å². The lowest BCUT2D eigenvalue weighted by Crippen LogP contribution is -2.17. The SMILES string of the molecule is CC(C)c1nc(CCNCc2cccc(C(=O)O)c2)cs1. The van der Waals surface area contributed by atoms with Crippen LogP contribution in [0.3, 0.4) is 0 Å². The minimum Gasteiger partial charge on any atom is -0.478 e. The van der Waals surface area contributed by atoms with Gasteiger partial charge >= 0.3 is 5.97 Å². The third kappa shape index (κ3) is 4.65. The molecule has 2 aromatic rings. The summed E-state index contributed by atoms with van der Waals surface area (Å²) in [6.45, 7) is 5.80. The van der Waals surface area contributed by atoms with Gasteiger partial charge in [-0.2, -0.15) is 0 Å². The van der Waals surface area contributed by atoms with Crippen molar-refractivity contribution in [2.45, 2.75) is 32.7 Å². The molecule has 0 aliphatic heterocycles. The van der Waals surface area contributed by atoms with Gasteiger partial charge in [0.05, 0.1) is 16.3 Å². The molecule has 2 rings (SSSR count). The third-order valence-electron chi connectivity index (χ3n) is 3.12. The number of aromatic nitrogens is 1. The van der Waals surface area contributed by atoms with Gasteiger partial charge < -0.3 is 10.4 Å². The van der Waals surface area contributed by atoms with Crippen molar-refractivity contribution < 1.29 is 9.90 Å². The van der Waals surface area contributed by atoms with Crippen molar-refractivity contribution >= 4 is 17.3 Å². The normalized spacial score (nSPS) is 11.0. The van der Waals surface area contributed by atoms with Gasteiger partial charge in [-0.15, -0.1) is 11.3 Å². The molecule has 0 atom stereocenters. The fraction of sp³-hybridized carbons (Fsp3) is 0.375. The van der Waals surface area contributed by atoms with E-state index in [1.54, 1.807) is 29.5 Å². The summed E-state index contributed by atoms with van der Waals surface area (Å²) in [4.78, 5) is 15.5. The topological polar surface area (TPSA) is 62.2 Å². The van der Waals surface area contributed by atoms with Gasteiger partial charge in [-0.25, -0.2) is 9.78 Å². The van der Waals surface area contributed by atoms with Crippen LogP contribution in [0.5, 0.6) is 0 Å². The minimum atomic E-state index is -0.888. The fourth-order valence-corrected chi connectivity index (χ4v) is 2.84. The van der Waals surface area contributed by atoms with Crippen molar-refractivity contribution in [1.29, 1.82) is 0 Å². The highest BCUT2D eigenvalue weighted by molar-refractivity contribution is 7.09. The molecule has 0 spiro atoms. The van der Waals surface area contributed by atoms with Crippen molar-refractivity contribution in [3.8, 4) is 0 Å². The number of nitrogens with one attached hydrogen (secondary N) is 1. The summed E-state index contributed by atoms with van der Waals surface area (Å²) in [6, 6.07) is 7.01. The monoisotopic (exact) mass is 304 g/mol. The highest BCUT2D eigenvalue weighted by Crippen LogP contribution is 2.19. The van der Waals surface area contributed by atoms with E-state index in [4.69, 9.17) is 5.11 Å². The molecule has 0 unspecified atom stereocenters. The Kier molecular flexibility index (Phi) is 5.47. The molecular formula is C16H20N2O2S. The molecule has 0 radical (unpaired) electrons. The Morgan fingerprint density at radius 1 is 1.43 bits per heavy atom. The molecule has 0 aliphatic carbocycles. The molecule has 2 N–H and O–H groups in total. The second kappa shape index (κ2) is 7.33. The van der Waals surface area contributed by atoms with Gasteiger partial charge in [0, 0.05) is 30.8 Å². The lowest BCUT2D eigenvalue weighted by molar-refractivity contribution is 0.0696. The molecule has 0 saturated carbocycles. The number of carbonyl (C=O) groups is 1. The van der Waals surface area contributed by atoms with Gasteiger partial charge in [-0.3, -0.25) is 0 Å². The molecule has 1 aromatic carbocycles. The van der Waals surface area contributed by atoms with E-state index in [9.17, 15) is 4.79 Å². The van der Waals surface area contributed by atoms with Crippen LogP contribution >= 0.6 is 11.3 Å². The molecule has 0 aliphatic rings. The Morgan fingerprint density at radius 2 is 2.24 bits per heavy atom. The third-order valence-corrected chi connectivity index (χ3v) is 4.32. The Bertz CT molecular complexity index is 608. The average molecular weight is 304 g/mol. The zero-order valence-electron chi connectivity index (χ0n) is 12.3. The first-order valence-electron chi connectivity index (χ1n) is 7.03. The number of carboxylic acid groups (broad SMARTS) is 1. The number of aromatic carboxylic acids is 1. The van der Waals surface area contributed by atoms with Crippen molar-refractivity contribution in [2.24, 2.45) is 0 Å². The zero-order chi connectivity index (χ0) is 15.2. The maximum absolute atomic E-state index is 10.9. The summed E-state index contributed by atoms with van der Waals surface area (Å²) in [5, 5.41) is 15.6. The summed E-state index contributed by atoms with van der Waals surface area (Å²) >= 11 is 1.71. The highest BCUT2D eigenvalue weighted by Gasteiger charge is 2.06. The van der Waals surface area contributed by atoms with Crippen LogP contribution < -0.4 is 5.32 Å². The van der Waals surface area contributed by atoms with Crippen LogP contribution in [0.25, 0.3) is 0 Å². The summed E-state index contributed by atoms with van der Waals surface area (Å²) in [5.74, 6) is -0.406. The largest absolute Gasteiger partial charge is 0.478 e. The van der Waals surface area contributed by atoms with Gasteiger partial charge in [0.25, 0.3) is 0 Å². The zero-order valence-corrected chi connectivity index (χ0v) is 13.1. The van der Waals surface area contributed by atoms with Crippen LogP contribution in [-0.4, -0.2) is 22.6 Å².